The maximum absolute atomic E-state index is 11.2. The smallest absolute Gasteiger partial charge is 0.274 e. The zero-order chi connectivity index (χ0) is 18.4. The molecule has 2 N–H and O–H groups in total. The third-order valence-corrected chi connectivity index (χ3v) is 3.78. The highest BCUT2D eigenvalue weighted by molar-refractivity contribution is 5.64. The van der Waals surface area contributed by atoms with Crippen LogP contribution >= 0.6 is 0 Å². The van der Waals surface area contributed by atoms with Gasteiger partial charge in [0.25, 0.3) is 5.69 Å². The van der Waals surface area contributed by atoms with Crippen molar-refractivity contribution < 1.29 is 4.92 Å². The minimum Gasteiger partial charge on any atom is -0.366 e. The summed E-state index contributed by atoms with van der Waals surface area (Å²) in [7, 11) is 0. The van der Waals surface area contributed by atoms with Gasteiger partial charge >= 0.3 is 0 Å². The average molecular weight is 349 g/mol. The van der Waals surface area contributed by atoms with Gasteiger partial charge in [-0.2, -0.15) is 4.98 Å². The van der Waals surface area contributed by atoms with E-state index in [4.69, 9.17) is 0 Å². The van der Waals surface area contributed by atoms with Crippen LogP contribution in [0.2, 0.25) is 0 Å². The van der Waals surface area contributed by atoms with Gasteiger partial charge in [0.1, 0.15) is 5.82 Å². The lowest BCUT2D eigenvalue weighted by Crippen LogP contribution is -2.08. The Morgan fingerprint density at radius 3 is 2.46 bits per heavy atom. The third-order valence-electron chi connectivity index (χ3n) is 3.78. The summed E-state index contributed by atoms with van der Waals surface area (Å²) in [6.07, 6.45) is 0. The zero-order valence-corrected chi connectivity index (χ0v) is 14.3. The fraction of sp³-hybridized carbons (Fsp3) is 0.158. The standard InChI is InChI=1S/C19H19N5O2/c1-2-20-19-22-16(14-8-4-3-5-9-14)12-18(23-19)21-13-15-10-6-7-11-17(15)24(25)26/h3-12H,2,13H2,1H3,(H2,20,21,22,23). The van der Waals surface area contributed by atoms with E-state index in [1.54, 1.807) is 18.2 Å². The third kappa shape index (κ3) is 4.13. The Morgan fingerprint density at radius 1 is 1.00 bits per heavy atom. The average Bonchev–Trinajstić information content (AvgIpc) is 2.67. The molecule has 0 aliphatic rings. The summed E-state index contributed by atoms with van der Waals surface area (Å²) in [5.74, 6) is 1.12. The first-order chi connectivity index (χ1) is 12.7. The normalized spacial score (nSPS) is 10.3. The summed E-state index contributed by atoms with van der Waals surface area (Å²) in [4.78, 5) is 19.7. The maximum atomic E-state index is 11.2. The molecule has 0 spiro atoms. The second-order valence-corrected chi connectivity index (χ2v) is 5.60. The topological polar surface area (TPSA) is 93.0 Å². The largest absolute Gasteiger partial charge is 0.366 e. The van der Waals surface area contributed by atoms with Crippen molar-refractivity contribution >= 4 is 17.5 Å². The van der Waals surface area contributed by atoms with Gasteiger partial charge in [-0.3, -0.25) is 10.1 Å². The van der Waals surface area contributed by atoms with Crippen LogP contribution in [0.1, 0.15) is 12.5 Å². The molecular weight excluding hydrogens is 330 g/mol. The predicted molar refractivity (Wildman–Crippen MR) is 102 cm³/mol. The Labute approximate surface area is 151 Å². The van der Waals surface area contributed by atoms with Crippen LogP contribution < -0.4 is 10.6 Å². The highest BCUT2D eigenvalue weighted by Gasteiger charge is 2.13. The summed E-state index contributed by atoms with van der Waals surface area (Å²) in [6, 6.07) is 18.3. The summed E-state index contributed by atoms with van der Waals surface area (Å²) in [5, 5.41) is 17.4. The van der Waals surface area contributed by atoms with Crippen molar-refractivity contribution in [2.75, 3.05) is 17.2 Å². The molecule has 2 aromatic carbocycles. The monoisotopic (exact) mass is 349 g/mol. The predicted octanol–water partition coefficient (Wildman–Crippen LogP) is 4.10. The summed E-state index contributed by atoms with van der Waals surface area (Å²) in [6.45, 7) is 2.97. The summed E-state index contributed by atoms with van der Waals surface area (Å²) >= 11 is 0. The van der Waals surface area contributed by atoms with E-state index in [1.165, 1.54) is 6.07 Å². The van der Waals surface area contributed by atoms with Gasteiger partial charge in [-0.1, -0.05) is 48.5 Å². The van der Waals surface area contributed by atoms with Crippen molar-refractivity contribution in [2.45, 2.75) is 13.5 Å². The van der Waals surface area contributed by atoms with Gasteiger partial charge < -0.3 is 10.6 Å². The Hall–Kier alpha value is -3.48. The van der Waals surface area contributed by atoms with Crippen molar-refractivity contribution in [3.63, 3.8) is 0 Å². The number of nitrogens with zero attached hydrogens (tertiary/aromatic N) is 3. The van der Waals surface area contributed by atoms with Crippen LogP contribution in [0.4, 0.5) is 17.5 Å². The first-order valence-corrected chi connectivity index (χ1v) is 8.32. The Morgan fingerprint density at radius 2 is 1.73 bits per heavy atom. The van der Waals surface area contributed by atoms with Crippen molar-refractivity contribution in [2.24, 2.45) is 0 Å². The molecule has 3 rings (SSSR count). The van der Waals surface area contributed by atoms with Gasteiger partial charge in [-0.05, 0) is 6.92 Å². The molecule has 0 saturated heterocycles. The number of anilines is 2. The molecule has 1 heterocycles. The SMILES string of the molecule is CCNc1nc(NCc2ccccc2[N+](=O)[O-])cc(-c2ccccc2)n1. The van der Waals surface area contributed by atoms with E-state index in [9.17, 15) is 10.1 Å². The van der Waals surface area contributed by atoms with Gasteiger partial charge in [0, 0.05) is 36.3 Å². The van der Waals surface area contributed by atoms with E-state index in [2.05, 4.69) is 20.6 Å². The minimum atomic E-state index is -0.379. The number of hydrogen-bond acceptors (Lipinski definition) is 6. The van der Waals surface area contributed by atoms with Gasteiger partial charge in [-0.15, -0.1) is 0 Å². The molecule has 0 amide bonds. The minimum absolute atomic E-state index is 0.0873. The summed E-state index contributed by atoms with van der Waals surface area (Å²) in [5.41, 5.74) is 2.44. The molecule has 0 saturated carbocycles. The first-order valence-electron chi connectivity index (χ1n) is 8.32. The van der Waals surface area contributed by atoms with Crippen LogP contribution in [0.25, 0.3) is 11.3 Å². The number of nitrogens with one attached hydrogen (secondary N) is 2. The van der Waals surface area contributed by atoms with Crippen LogP contribution in [0.3, 0.4) is 0 Å². The second kappa shape index (κ2) is 8.06. The van der Waals surface area contributed by atoms with E-state index in [0.29, 0.717) is 30.4 Å². The highest BCUT2D eigenvalue weighted by atomic mass is 16.6. The van der Waals surface area contributed by atoms with E-state index >= 15 is 0 Å². The van der Waals surface area contributed by atoms with Gasteiger partial charge in [0.15, 0.2) is 0 Å². The molecule has 0 fully saturated rings. The molecule has 0 atom stereocenters. The van der Waals surface area contributed by atoms with E-state index in [1.807, 2.05) is 43.3 Å². The Kier molecular flexibility index (Phi) is 5.38. The lowest BCUT2D eigenvalue weighted by molar-refractivity contribution is -0.385. The van der Waals surface area contributed by atoms with Crippen LogP contribution in [0, 0.1) is 10.1 Å². The van der Waals surface area contributed by atoms with Crippen molar-refractivity contribution in [1.29, 1.82) is 0 Å². The molecule has 0 unspecified atom stereocenters. The van der Waals surface area contributed by atoms with E-state index in [-0.39, 0.29) is 10.6 Å². The molecule has 0 aliphatic carbocycles. The maximum Gasteiger partial charge on any atom is 0.274 e. The molecule has 7 heteroatoms. The number of para-hydroxylation sites is 1. The van der Waals surface area contributed by atoms with Crippen LogP contribution in [0.15, 0.2) is 60.7 Å². The Balaban J connectivity index is 1.88. The van der Waals surface area contributed by atoms with Crippen LogP contribution in [0.5, 0.6) is 0 Å². The number of hydrogen-bond donors (Lipinski definition) is 2. The lowest BCUT2D eigenvalue weighted by atomic mass is 10.1. The number of nitro groups is 1. The molecule has 3 aromatic rings. The molecule has 0 aliphatic heterocycles. The van der Waals surface area contributed by atoms with Gasteiger partial charge in [-0.25, -0.2) is 4.98 Å². The van der Waals surface area contributed by atoms with Gasteiger partial charge in [0.2, 0.25) is 5.95 Å². The fourth-order valence-electron chi connectivity index (χ4n) is 2.56. The lowest BCUT2D eigenvalue weighted by Gasteiger charge is -2.11. The summed E-state index contributed by atoms with van der Waals surface area (Å²) < 4.78 is 0. The van der Waals surface area contributed by atoms with Crippen LogP contribution in [-0.4, -0.2) is 21.4 Å². The second-order valence-electron chi connectivity index (χ2n) is 5.60. The first kappa shape index (κ1) is 17.3. The number of rotatable bonds is 7. The number of nitro benzene ring substituents is 1. The zero-order valence-electron chi connectivity index (χ0n) is 14.3. The quantitative estimate of drug-likeness (QED) is 0.493. The number of aromatic nitrogens is 2. The van der Waals surface area contributed by atoms with E-state index < -0.39 is 0 Å². The van der Waals surface area contributed by atoms with Crippen molar-refractivity contribution in [3.05, 3.63) is 76.3 Å². The molecule has 132 valence electrons. The highest BCUT2D eigenvalue weighted by Crippen LogP contribution is 2.23. The van der Waals surface area contributed by atoms with Crippen molar-refractivity contribution in [3.8, 4) is 11.3 Å². The molecule has 1 aromatic heterocycles. The molecule has 26 heavy (non-hydrogen) atoms. The van der Waals surface area contributed by atoms with Crippen LogP contribution in [-0.2, 0) is 6.54 Å². The molecule has 0 bridgehead atoms. The van der Waals surface area contributed by atoms with E-state index in [0.717, 1.165) is 11.3 Å². The number of benzene rings is 2. The van der Waals surface area contributed by atoms with Crippen molar-refractivity contribution in [1.82, 2.24) is 9.97 Å². The molecule has 0 radical (unpaired) electrons. The Bertz CT molecular complexity index is 899. The fourth-order valence-corrected chi connectivity index (χ4v) is 2.56. The molecular formula is C19H19N5O2. The van der Waals surface area contributed by atoms with Gasteiger partial charge in [0.05, 0.1) is 10.6 Å². The molecule has 7 nitrogen and oxygen atoms in total.